The highest BCUT2D eigenvalue weighted by atomic mass is 32.1. The first-order valence-corrected chi connectivity index (χ1v) is 8.52. The van der Waals surface area contributed by atoms with E-state index >= 15 is 0 Å². The molecule has 6 nitrogen and oxygen atoms in total. The van der Waals surface area contributed by atoms with Gasteiger partial charge in [0.2, 0.25) is 0 Å². The van der Waals surface area contributed by atoms with Gasteiger partial charge in [-0.3, -0.25) is 9.59 Å². The normalized spacial score (nSPS) is 15.3. The molecule has 2 aromatic rings. The summed E-state index contributed by atoms with van der Waals surface area (Å²) in [5.74, 6) is -0.420. The second-order valence-corrected chi connectivity index (χ2v) is 6.69. The maximum absolute atomic E-state index is 12.6. The first-order chi connectivity index (χ1) is 11.6. The summed E-state index contributed by atoms with van der Waals surface area (Å²) in [4.78, 5) is 30.2. The van der Waals surface area contributed by atoms with Crippen LogP contribution in [0.4, 0.5) is 0 Å². The first-order valence-electron chi connectivity index (χ1n) is 7.71. The fraction of sp³-hybridized carbons (Fsp3) is 0.353. The number of hydrogen-bond donors (Lipinski definition) is 1. The zero-order valence-corrected chi connectivity index (χ0v) is 14.1. The van der Waals surface area contributed by atoms with Gasteiger partial charge in [0.25, 0.3) is 5.91 Å². The predicted molar refractivity (Wildman–Crippen MR) is 90.4 cm³/mol. The summed E-state index contributed by atoms with van der Waals surface area (Å²) in [7, 11) is 1.61. The minimum absolute atomic E-state index is 0.0731. The highest BCUT2D eigenvalue weighted by molar-refractivity contribution is 7.16. The number of nitrogens with zero attached hydrogens (tertiary/aromatic N) is 2. The minimum Gasteiger partial charge on any atom is -0.497 e. The molecule has 1 saturated heterocycles. The van der Waals surface area contributed by atoms with Crippen molar-refractivity contribution < 1.29 is 19.4 Å². The van der Waals surface area contributed by atoms with Crippen LogP contribution in [0.3, 0.4) is 0 Å². The Kier molecular flexibility index (Phi) is 4.80. The lowest BCUT2D eigenvalue weighted by molar-refractivity contribution is -0.143. The van der Waals surface area contributed by atoms with Gasteiger partial charge in [-0.1, -0.05) is 0 Å². The Balaban J connectivity index is 1.68. The third-order valence-corrected chi connectivity index (χ3v) is 5.22. The zero-order valence-electron chi connectivity index (χ0n) is 13.3. The molecule has 7 heteroatoms. The van der Waals surface area contributed by atoms with Crippen LogP contribution >= 0.6 is 11.3 Å². The van der Waals surface area contributed by atoms with Crippen molar-refractivity contribution in [2.45, 2.75) is 12.8 Å². The number of rotatable bonds is 4. The van der Waals surface area contributed by atoms with Crippen LogP contribution in [0.1, 0.15) is 22.5 Å². The number of aliphatic carboxylic acids is 1. The average molecular weight is 346 g/mol. The molecule has 0 spiro atoms. The Bertz CT molecular complexity index is 733. The number of amides is 1. The maximum atomic E-state index is 12.6. The average Bonchev–Trinajstić information content (AvgIpc) is 3.11. The molecular formula is C17H18N2O4S. The second-order valence-electron chi connectivity index (χ2n) is 5.66. The Morgan fingerprint density at radius 2 is 1.92 bits per heavy atom. The molecule has 1 amide bonds. The van der Waals surface area contributed by atoms with E-state index in [1.54, 1.807) is 18.2 Å². The van der Waals surface area contributed by atoms with Gasteiger partial charge in [0, 0.05) is 18.7 Å². The number of carboxylic acid groups (broad SMARTS) is 1. The number of ether oxygens (including phenoxy) is 1. The number of carboxylic acids is 1. The van der Waals surface area contributed by atoms with Crippen LogP contribution in [0.15, 0.2) is 30.5 Å². The monoisotopic (exact) mass is 346 g/mol. The van der Waals surface area contributed by atoms with Gasteiger partial charge in [-0.25, -0.2) is 4.98 Å². The van der Waals surface area contributed by atoms with Crippen LogP contribution in [0.2, 0.25) is 0 Å². The van der Waals surface area contributed by atoms with Crippen LogP contribution in [0.5, 0.6) is 5.75 Å². The molecule has 1 aliphatic heterocycles. The van der Waals surface area contributed by atoms with Crippen molar-refractivity contribution in [2.75, 3.05) is 20.2 Å². The van der Waals surface area contributed by atoms with E-state index in [9.17, 15) is 9.59 Å². The van der Waals surface area contributed by atoms with Crippen molar-refractivity contribution in [1.29, 1.82) is 0 Å². The molecule has 3 rings (SSSR count). The molecule has 24 heavy (non-hydrogen) atoms. The number of likely N-dealkylation sites (tertiary alicyclic amines) is 1. The third-order valence-electron chi connectivity index (χ3n) is 4.18. The number of methoxy groups -OCH3 is 1. The topological polar surface area (TPSA) is 79.7 Å². The fourth-order valence-electron chi connectivity index (χ4n) is 2.73. The molecule has 0 unspecified atom stereocenters. The molecule has 0 bridgehead atoms. The third kappa shape index (κ3) is 3.41. The van der Waals surface area contributed by atoms with E-state index in [1.165, 1.54) is 11.3 Å². The Morgan fingerprint density at radius 1 is 1.25 bits per heavy atom. The Labute approximate surface area is 143 Å². The van der Waals surface area contributed by atoms with Gasteiger partial charge in [0.05, 0.1) is 19.2 Å². The number of carbonyl (C=O) groups is 2. The SMILES string of the molecule is COc1ccc(-c2ncc(C(=O)N3CCC(C(=O)O)CC3)s2)cc1. The Morgan fingerprint density at radius 3 is 2.50 bits per heavy atom. The van der Waals surface area contributed by atoms with Crippen LogP contribution in [0.25, 0.3) is 10.6 Å². The summed E-state index contributed by atoms with van der Waals surface area (Å²) >= 11 is 1.35. The lowest BCUT2D eigenvalue weighted by Gasteiger charge is -2.29. The lowest BCUT2D eigenvalue weighted by atomic mass is 9.97. The minimum atomic E-state index is -0.776. The highest BCUT2D eigenvalue weighted by Gasteiger charge is 2.28. The number of piperidine rings is 1. The Hall–Kier alpha value is -2.41. The smallest absolute Gasteiger partial charge is 0.306 e. The summed E-state index contributed by atoms with van der Waals surface area (Å²) < 4.78 is 5.13. The van der Waals surface area contributed by atoms with E-state index in [0.717, 1.165) is 16.3 Å². The molecule has 1 aromatic carbocycles. The van der Waals surface area contributed by atoms with E-state index in [0.29, 0.717) is 30.8 Å². The van der Waals surface area contributed by atoms with Crippen molar-refractivity contribution in [3.63, 3.8) is 0 Å². The number of thiazole rings is 1. The molecule has 2 heterocycles. The van der Waals surface area contributed by atoms with Crippen molar-refractivity contribution >= 4 is 23.2 Å². The van der Waals surface area contributed by atoms with Crippen LogP contribution in [-0.4, -0.2) is 47.1 Å². The molecule has 126 valence electrons. The summed E-state index contributed by atoms with van der Waals surface area (Å²) in [6, 6.07) is 7.53. The quantitative estimate of drug-likeness (QED) is 0.921. The predicted octanol–water partition coefficient (Wildman–Crippen LogP) is 2.76. The summed E-state index contributed by atoms with van der Waals surface area (Å²) in [6.45, 7) is 0.955. The van der Waals surface area contributed by atoms with E-state index in [1.807, 2.05) is 24.3 Å². The van der Waals surface area contributed by atoms with Crippen LogP contribution in [-0.2, 0) is 4.79 Å². The maximum Gasteiger partial charge on any atom is 0.306 e. The number of carbonyl (C=O) groups excluding carboxylic acids is 1. The standard InChI is InChI=1S/C17H18N2O4S/c1-23-13-4-2-11(3-5-13)15-18-10-14(24-15)16(20)19-8-6-12(7-9-19)17(21)22/h2-5,10,12H,6-9H2,1H3,(H,21,22). The largest absolute Gasteiger partial charge is 0.497 e. The van der Waals surface area contributed by atoms with Crippen LogP contribution in [0, 0.1) is 5.92 Å². The second kappa shape index (κ2) is 7.00. The van der Waals surface area contributed by atoms with Gasteiger partial charge in [-0.05, 0) is 37.1 Å². The zero-order chi connectivity index (χ0) is 17.1. The molecule has 1 N–H and O–H groups in total. The van der Waals surface area contributed by atoms with Gasteiger partial charge in [-0.15, -0.1) is 11.3 Å². The molecule has 0 aliphatic carbocycles. The van der Waals surface area contributed by atoms with E-state index in [2.05, 4.69) is 4.98 Å². The van der Waals surface area contributed by atoms with Crippen molar-refractivity contribution in [1.82, 2.24) is 9.88 Å². The molecule has 0 radical (unpaired) electrons. The molecule has 0 saturated carbocycles. The van der Waals surface area contributed by atoms with Gasteiger partial charge < -0.3 is 14.7 Å². The van der Waals surface area contributed by atoms with Gasteiger partial charge in [0.1, 0.15) is 15.6 Å². The molecule has 1 aromatic heterocycles. The molecule has 0 atom stereocenters. The lowest BCUT2D eigenvalue weighted by Crippen LogP contribution is -2.39. The van der Waals surface area contributed by atoms with Gasteiger partial charge >= 0.3 is 5.97 Å². The van der Waals surface area contributed by atoms with E-state index < -0.39 is 5.97 Å². The van der Waals surface area contributed by atoms with E-state index in [-0.39, 0.29) is 11.8 Å². The van der Waals surface area contributed by atoms with Gasteiger partial charge in [-0.2, -0.15) is 0 Å². The number of hydrogen-bond acceptors (Lipinski definition) is 5. The van der Waals surface area contributed by atoms with Crippen molar-refractivity contribution in [2.24, 2.45) is 5.92 Å². The number of aromatic nitrogens is 1. The molecule has 1 aliphatic rings. The number of benzene rings is 1. The van der Waals surface area contributed by atoms with Crippen molar-refractivity contribution in [3.05, 3.63) is 35.3 Å². The van der Waals surface area contributed by atoms with Crippen molar-refractivity contribution in [3.8, 4) is 16.3 Å². The highest BCUT2D eigenvalue weighted by Crippen LogP contribution is 2.28. The summed E-state index contributed by atoms with van der Waals surface area (Å²) in [6.07, 6.45) is 2.60. The molecule has 1 fully saturated rings. The van der Waals surface area contributed by atoms with E-state index in [4.69, 9.17) is 9.84 Å². The fourth-order valence-corrected chi connectivity index (χ4v) is 3.61. The first kappa shape index (κ1) is 16.4. The molecular weight excluding hydrogens is 328 g/mol. The van der Waals surface area contributed by atoms with Crippen LogP contribution < -0.4 is 4.74 Å². The summed E-state index contributed by atoms with van der Waals surface area (Å²) in [5.41, 5.74) is 0.935. The van der Waals surface area contributed by atoms with Gasteiger partial charge in [0.15, 0.2) is 0 Å². The summed E-state index contributed by atoms with van der Waals surface area (Å²) in [5, 5.41) is 9.81.